The van der Waals surface area contributed by atoms with Gasteiger partial charge in [-0.2, -0.15) is 0 Å². The van der Waals surface area contributed by atoms with Crippen molar-refractivity contribution in [1.29, 1.82) is 0 Å². The first-order valence-corrected chi connectivity index (χ1v) is 8.63. The van der Waals surface area contributed by atoms with Crippen LogP contribution in [0.4, 0.5) is 10.8 Å². The van der Waals surface area contributed by atoms with Crippen molar-refractivity contribution in [2.45, 2.75) is 6.92 Å². The van der Waals surface area contributed by atoms with Crippen molar-refractivity contribution in [2.24, 2.45) is 5.92 Å². The number of thiazole rings is 1. The molecule has 0 atom stereocenters. The average Bonchev–Trinajstić information content (AvgIpc) is 2.90. The Bertz CT molecular complexity index is 916. The van der Waals surface area contributed by atoms with Gasteiger partial charge >= 0.3 is 0 Å². The van der Waals surface area contributed by atoms with Crippen LogP contribution in [-0.4, -0.2) is 29.1 Å². The number of phenolic OH excluding ortho intramolecular Hbond substituents is 1. The Hall–Kier alpha value is -2.60. The largest absolute Gasteiger partial charge is 0.506 e. The van der Waals surface area contributed by atoms with E-state index in [0.717, 1.165) is 10.6 Å². The molecule has 2 heterocycles. The molecule has 1 aliphatic heterocycles. The molecule has 1 amide bonds. The summed E-state index contributed by atoms with van der Waals surface area (Å²) in [5.74, 6) is -0.0633. The molecule has 24 heavy (non-hydrogen) atoms. The molecule has 4 rings (SSSR count). The van der Waals surface area contributed by atoms with E-state index >= 15 is 0 Å². The van der Waals surface area contributed by atoms with Crippen LogP contribution in [0.25, 0.3) is 10.2 Å². The van der Waals surface area contributed by atoms with Crippen LogP contribution in [0.5, 0.6) is 5.75 Å². The maximum Gasteiger partial charge on any atom is 0.231 e. The summed E-state index contributed by atoms with van der Waals surface area (Å²) in [6.45, 7) is 3.37. The molecule has 0 bridgehead atoms. The highest BCUT2D eigenvalue weighted by Gasteiger charge is 2.34. The number of phenols is 1. The van der Waals surface area contributed by atoms with Crippen LogP contribution in [-0.2, 0) is 4.79 Å². The Morgan fingerprint density at radius 2 is 2.08 bits per heavy atom. The highest BCUT2D eigenvalue weighted by Crippen LogP contribution is 2.34. The Morgan fingerprint density at radius 3 is 2.88 bits per heavy atom. The van der Waals surface area contributed by atoms with Gasteiger partial charge in [-0.3, -0.25) is 4.79 Å². The zero-order valence-electron chi connectivity index (χ0n) is 13.2. The molecular formula is C18H17N3O2S. The minimum atomic E-state index is -0.0849. The van der Waals surface area contributed by atoms with Gasteiger partial charge in [0.2, 0.25) is 5.91 Å². The minimum Gasteiger partial charge on any atom is -0.506 e. The number of nitrogens with one attached hydrogen (secondary N) is 1. The third-order valence-electron chi connectivity index (χ3n) is 4.22. The fourth-order valence-electron chi connectivity index (χ4n) is 2.77. The number of carbonyl (C=O) groups is 1. The van der Waals surface area contributed by atoms with E-state index in [1.807, 2.05) is 6.07 Å². The second-order valence-electron chi connectivity index (χ2n) is 6.08. The van der Waals surface area contributed by atoms with Crippen molar-refractivity contribution >= 4 is 38.3 Å². The molecule has 3 aromatic rings. The molecule has 1 aromatic heterocycles. The molecule has 2 aromatic carbocycles. The van der Waals surface area contributed by atoms with Crippen LogP contribution in [0.3, 0.4) is 0 Å². The average molecular weight is 339 g/mol. The molecule has 0 radical (unpaired) electrons. The van der Waals surface area contributed by atoms with Crippen molar-refractivity contribution in [1.82, 2.24) is 4.98 Å². The van der Waals surface area contributed by atoms with Gasteiger partial charge in [0.15, 0.2) is 5.13 Å². The smallest absolute Gasteiger partial charge is 0.231 e. The molecule has 1 fully saturated rings. The summed E-state index contributed by atoms with van der Waals surface area (Å²) in [5, 5.41) is 13.5. The van der Waals surface area contributed by atoms with Crippen LogP contribution >= 0.6 is 11.3 Å². The number of hydrogen-bond donors (Lipinski definition) is 2. The van der Waals surface area contributed by atoms with Gasteiger partial charge in [0.25, 0.3) is 0 Å². The Morgan fingerprint density at radius 1 is 1.29 bits per heavy atom. The van der Waals surface area contributed by atoms with E-state index in [1.165, 1.54) is 10.3 Å². The lowest BCUT2D eigenvalue weighted by atomic mass is 10.00. The van der Waals surface area contributed by atoms with Gasteiger partial charge in [0.1, 0.15) is 5.75 Å². The van der Waals surface area contributed by atoms with E-state index in [9.17, 15) is 9.90 Å². The van der Waals surface area contributed by atoms with Gasteiger partial charge in [-0.1, -0.05) is 29.5 Å². The number of benzene rings is 2. The van der Waals surface area contributed by atoms with Gasteiger partial charge < -0.3 is 15.3 Å². The summed E-state index contributed by atoms with van der Waals surface area (Å²) in [6.07, 6.45) is 0. The van der Waals surface area contributed by atoms with Crippen LogP contribution in [0.15, 0.2) is 42.5 Å². The zero-order valence-corrected chi connectivity index (χ0v) is 14.0. The normalized spacial score (nSPS) is 14.6. The fourth-order valence-corrected chi connectivity index (χ4v) is 3.85. The molecule has 0 aliphatic carbocycles. The number of fused-ring (bicyclic) bond motifs is 1. The maximum absolute atomic E-state index is 12.3. The number of para-hydroxylation sites is 2. The number of aromatic hydroxyl groups is 1. The lowest BCUT2D eigenvalue weighted by Crippen LogP contribution is -2.52. The number of hydrogen-bond acceptors (Lipinski definition) is 5. The van der Waals surface area contributed by atoms with Crippen LogP contribution < -0.4 is 10.2 Å². The third kappa shape index (κ3) is 2.69. The molecule has 2 N–H and O–H groups in total. The number of anilines is 2. The number of aryl methyl sites for hydroxylation is 1. The van der Waals surface area contributed by atoms with Gasteiger partial charge in [-0.15, -0.1) is 0 Å². The van der Waals surface area contributed by atoms with E-state index in [0.29, 0.717) is 18.8 Å². The summed E-state index contributed by atoms with van der Waals surface area (Å²) >= 11 is 1.66. The molecule has 6 heteroatoms. The van der Waals surface area contributed by atoms with E-state index < -0.39 is 0 Å². The van der Waals surface area contributed by atoms with Crippen molar-refractivity contribution in [3.8, 4) is 5.75 Å². The monoisotopic (exact) mass is 339 g/mol. The molecule has 1 aliphatic rings. The lowest BCUT2D eigenvalue weighted by Gasteiger charge is -2.37. The first-order valence-electron chi connectivity index (χ1n) is 7.81. The summed E-state index contributed by atoms with van der Waals surface area (Å²) in [6, 6.07) is 13.0. The minimum absolute atomic E-state index is 0.0651. The molecule has 1 saturated heterocycles. The van der Waals surface area contributed by atoms with Gasteiger partial charge in [-0.25, -0.2) is 4.98 Å². The van der Waals surface area contributed by atoms with Gasteiger partial charge in [-0.05, 0) is 36.8 Å². The number of amides is 1. The number of carbonyl (C=O) groups excluding carboxylic acids is 1. The molecule has 5 nitrogen and oxygen atoms in total. The van der Waals surface area contributed by atoms with E-state index in [1.54, 1.807) is 35.6 Å². The first kappa shape index (κ1) is 15.0. The van der Waals surface area contributed by atoms with Gasteiger partial charge in [0, 0.05) is 13.1 Å². The predicted octanol–water partition coefficient (Wildman–Crippen LogP) is 3.39. The van der Waals surface area contributed by atoms with Crippen LogP contribution in [0.2, 0.25) is 0 Å². The topological polar surface area (TPSA) is 65.5 Å². The van der Waals surface area contributed by atoms with Gasteiger partial charge in [0.05, 0.1) is 21.8 Å². The second kappa shape index (κ2) is 5.79. The Kier molecular flexibility index (Phi) is 3.61. The number of aromatic nitrogens is 1. The molecular weight excluding hydrogens is 322 g/mol. The van der Waals surface area contributed by atoms with Crippen molar-refractivity contribution < 1.29 is 9.90 Å². The molecule has 0 unspecified atom stereocenters. The van der Waals surface area contributed by atoms with E-state index in [2.05, 4.69) is 34.3 Å². The number of rotatable bonds is 3. The van der Waals surface area contributed by atoms with Crippen LogP contribution in [0.1, 0.15) is 5.56 Å². The van der Waals surface area contributed by atoms with Crippen LogP contribution in [0, 0.1) is 12.8 Å². The van der Waals surface area contributed by atoms with Crippen molar-refractivity contribution in [3.05, 3.63) is 48.0 Å². The highest BCUT2D eigenvalue weighted by molar-refractivity contribution is 7.22. The molecule has 0 saturated carbocycles. The lowest BCUT2D eigenvalue weighted by molar-refractivity contribution is -0.120. The summed E-state index contributed by atoms with van der Waals surface area (Å²) in [5.41, 5.74) is 2.68. The fraction of sp³-hybridized carbons (Fsp3) is 0.222. The predicted molar refractivity (Wildman–Crippen MR) is 96.8 cm³/mol. The summed E-state index contributed by atoms with van der Waals surface area (Å²) in [7, 11) is 0. The second-order valence-corrected chi connectivity index (χ2v) is 7.09. The quantitative estimate of drug-likeness (QED) is 0.718. The van der Waals surface area contributed by atoms with E-state index in [-0.39, 0.29) is 17.6 Å². The standard InChI is InChI=1S/C18H17N3O2S/c1-11-6-7-14-16(8-11)24-18(20-14)21-9-12(10-21)17(23)19-13-4-2-3-5-15(13)22/h2-8,12,22H,9-10H2,1H3,(H,19,23). The van der Waals surface area contributed by atoms with Crippen molar-refractivity contribution in [3.63, 3.8) is 0 Å². The zero-order chi connectivity index (χ0) is 16.7. The first-order chi connectivity index (χ1) is 11.6. The number of nitrogens with zero attached hydrogens (tertiary/aromatic N) is 2. The highest BCUT2D eigenvalue weighted by atomic mass is 32.1. The van der Waals surface area contributed by atoms with Crippen molar-refractivity contribution in [2.75, 3.05) is 23.3 Å². The molecule has 0 spiro atoms. The SMILES string of the molecule is Cc1ccc2nc(N3CC(C(=O)Nc4ccccc4O)C3)sc2c1. The Balaban J connectivity index is 1.42. The summed E-state index contributed by atoms with van der Waals surface area (Å²) in [4.78, 5) is 19.0. The molecule has 122 valence electrons. The maximum atomic E-state index is 12.3. The third-order valence-corrected chi connectivity index (χ3v) is 5.30. The van der Waals surface area contributed by atoms with E-state index in [4.69, 9.17) is 0 Å². The summed E-state index contributed by atoms with van der Waals surface area (Å²) < 4.78 is 1.17. The Labute approximate surface area is 143 Å².